The molecule has 10 heteroatoms. The number of amides is 1. The van der Waals surface area contributed by atoms with E-state index in [2.05, 4.69) is 10.1 Å². The van der Waals surface area contributed by atoms with Gasteiger partial charge in [0.25, 0.3) is 5.91 Å². The molecule has 0 spiro atoms. The molecule has 9 nitrogen and oxygen atoms in total. The molecule has 0 aliphatic carbocycles. The molecule has 5 rings (SSSR count). The van der Waals surface area contributed by atoms with Crippen molar-refractivity contribution >= 4 is 32.6 Å². The molecule has 3 heterocycles. The van der Waals surface area contributed by atoms with E-state index in [1.165, 1.54) is 16.4 Å². The molecule has 0 atom stereocenters. The van der Waals surface area contributed by atoms with Gasteiger partial charge in [0.05, 0.1) is 23.1 Å². The van der Waals surface area contributed by atoms with Crippen molar-refractivity contribution in [2.75, 3.05) is 51.3 Å². The van der Waals surface area contributed by atoms with Crippen LogP contribution in [0.15, 0.2) is 51.9 Å². The lowest BCUT2D eigenvalue weighted by Gasteiger charge is -2.35. The van der Waals surface area contributed by atoms with Crippen LogP contribution in [0.1, 0.15) is 23.3 Å². The number of fused-ring (bicyclic) bond motifs is 1. The van der Waals surface area contributed by atoms with Gasteiger partial charge in [0.15, 0.2) is 11.3 Å². The first kappa shape index (κ1) is 21.7. The van der Waals surface area contributed by atoms with Crippen LogP contribution < -0.4 is 9.64 Å². The van der Waals surface area contributed by atoms with Crippen molar-refractivity contribution in [3.05, 3.63) is 48.2 Å². The first-order valence-corrected chi connectivity index (χ1v) is 12.5. The molecule has 2 saturated heterocycles. The van der Waals surface area contributed by atoms with Crippen molar-refractivity contribution in [3.8, 4) is 5.75 Å². The van der Waals surface area contributed by atoms with Crippen LogP contribution in [0, 0.1) is 0 Å². The van der Waals surface area contributed by atoms with E-state index in [0.29, 0.717) is 50.2 Å². The van der Waals surface area contributed by atoms with Crippen molar-refractivity contribution in [2.45, 2.75) is 17.7 Å². The van der Waals surface area contributed by atoms with Crippen LogP contribution in [0.25, 0.3) is 11.0 Å². The second-order valence-corrected chi connectivity index (χ2v) is 10.2. The first-order chi connectivity index (χ1) is 16.0. The standard InChI is InChI=1S/C23H26N4O5S/c1-31-21-7-3-2-6-19(21)25-12-14-27(15-13-25)33(29,30)17-8-9-20-18(16-17)22(24-32-20)23(28)26-10-4-5-11-26/h2-3,6-9,16H,4-5,10-15H2,1H3. The first-order valence-electron chi connectivity index (χ1n) is 11.1. The molecule has 0 N–H and O–H groups in total. The molecule has 33 heavy (non-hydrogen) atoms. The summed E-state index contributed by atoms with van der Waals surface area (Å²) in [6, 6.07) is 12.3. The quantitative estimate of drug-likeness (QED) is 0.565. The normalized spacial score (nSPS) is 17.6. The zero-order chi connectivity index (χ0) is 23.0. The summed E-state index contributed by atoms with van der Waals surface area (Å²) >= 11 is 0. The number of sulfonamides is 1. The summed E-state index contributed by atoms with van der Waals surface area (Å²) in [4.78, 5) is 16.8. The molecular formula is C23H26N4O5S. The zero-order valence-electron chi connectivity index (χ0n) is 18.4. The average Bonchev–Trinajstić information content (AvgIpc) is 3.54. The van der Waals surface area contributed by atoms with E-state index in [4.69, 9.17) is 9.26 Å². The summed E-state index contributed by atoms with van der Waals surface area (Å²) in [6.45, 7) is 3.16. The van der Waals surface area contributed by atoms with Gasteiger partial charge in [-0.3, -0.25) is 4.79 Å². The van der Waals surface area contributed by atoms with Crippen molar-refractivity contribution in [2.24, 2.45) is 0 Å². The number of benzene rings is 2. The molecule has 2 aliphatic rings. The maximum absolute atomic E-state index is 13.4. The lowest BCUT2D eigenvalue weighted by atomic mass is 10.2. The maximum Gasteiger partial charge on any atom is 0.276 e. The molecule has 3 aromatic rings. The van der Waals surface area contributed by atoms with E-state index in [1.54, 1.807) is 18.1 Å². The molecule has 0 unspecified atom stereocenters. The Balaban J connectivity index is 1.37. The van der Waals surface area contributed by atoms with E-state index in [9.17, 15) is 13.2 Å². The van der Waals surface area contributed by atoms with E-state index < -0.39 is 10.0 Å². The number of methoxy groups -OCH3 is 1. The van der Waals surface area contributed by atoms with Crippen LogP contribution in [-0.2, 0) is 10.0 Å². The fourth-order valence-electron chi connectivity index (χ4n) is 4.51. The van der Waals surface area contributed by atoms with Crippen LogP contribution in [-0.4, -0.2) is 75.1 Å². The fraction of sp³-hybridized carbons (Fsp3) is 0.391. The summed E-state index contributed by atoms with van der Waals surface area (Å²) in [7, 11) is -2.10. The van der Waals surface area contributed by atoms with Gasteiger partial charge in [-0.15, -0.1) is 0 Å². The fourth-order valence-corrected chi connectivity index (χ4v) is 5.96. The third-order valence-corrected chi connectivity index (χ3v) is 8.23. The highest BCUT2D eigenvalue weighted by Crippen LogP contribution is 2.30. The molecule has 2 aliphatic heterocycles. The highest BCUT2D eigenvalue weighted by molar-refractivity contribution is 7.89. The number of likely N-dealkylation sites (tertiary alicyclic amines) is 1. The summed E-state index contributed by atoms with van der Waals surface area (Å²) in [5.41, 5.74) is 1.52. The molecule has 2 fully saturated rings. The predicted molar refractivity (Wildman–Crippen MR) is 123 cm³/mol. The zero-order valence-corrected chi connectivity index (χ0v) is 19.3. The predicted octanol–water partition coefficient (Wildman–Crippen LogP) is 2.58. The largest absolute Gasteiger partial charge is 0.495 e. The molecule has 1 amide bonds. The van der Waals surface area contributed by atoms with Gasteiger partial charge < -0.3 is 19.1 Å². The summed E-state index contributed by atoms with van der Waals surface area (Å²) in [6.07, 6.45) is 1.92. The van der Waals surface area contributed by atoms with E-state index >= 15 is 0 Å². The number of carbonyl (C=O) groups excluding carboxylic acids is 1. The van der Waals surface area contributed by atoms with Crippen molar-refractivity contribution < 1.29 is 22.5 Å². The Labute approximate surface area is 192 Å². The van der Waals surface area contributed by atoms with E-state index in [0.717, 1.165) is 24.3 Å². The van der Waals surface area contributed by atoms with Gasteiger partial charge >= 0.3 is 0 Å². The minimum atomic E-state index is -3.73. The highest BCUT2D eigenvalue weighted by atomic mass is 32.2. The maximum atomic E-state index is 13.4. The molecule has 1 aromatic heterocycles. The number of aromatic nitrogens is 1. The topological polar surface area (TPSA) is 96.2 Å². The minimum absolute atomic E-state index is 0.138. The van der Waals surface area contributed by atoms with E-state index in [-0.39, 0.29) is 16.5 Å². The second kappa shape index (κ2) is 8.68. The Bertz CT molecular complexity index is 1270. The monoisotopic (exact) mass is 470 g/mol. The van der Waals surface area contributed by atoms with Crippen molar-refractivity contribution in [3.63, 3.8) is 0 Å². The molecular weight excluding hydrogens is 444 g/mol. The number of para-hydroxylation sites is 2. The summed E-state index contributed by atoms with van der Waals surface area (Å²) in [5, 5.41) is 4.37. The lowest BCUT2D eigenvalue weighted by Crippen LogP contribution is -2.48. The number of hydrogen-bond donors (Lipinski definition) is 0. The van der Waals surface area contributed by atoms with Gasteiger partial charge in [-0.2, -0.15) is 4.31 Å². The molecule has 174 valence electrons. The van der Waals surface area contributed by atoms with Crippen LogP contribution in [0.3, 0.4) is 0 Å². The van der Waals surface area contributed by atoms with Crippen LogP contribution in [0.2, 0.25) is 0 Å². The number of piperazine rings is 1. The van der Waals surface area contributed by atoms with Crippen LogP contribution in [0.5, 0.6) is 5.75 Å². The van der Waals surface area contributed by atoms with Gasteiger partial charge in [0.1, 0.15) is 5.75 Å². The molecule has 0 radical (unpaired) electrons. The number of nitrogens with zero attached hydrogens (tertiary/aromatic N) is 4. The number of ether oxygens (including phenoxy) is 1. The smallest absolute Gasteiger partial charge is 0.276 e. The van der Waals surface area contributed by atoms with Gasteiger partial charge in [-0.1, -0.05) is 17.3 Å². The van der Waals surface area contributed by atoms with Crippen molar-refractivity contribution in [1.82, 2.24) is 14.4 Å². The van der Waals surface area contributed by atoms with Crippen LogP contribution >= 0.6 is 0 Å². The van der Waals surface area contributed by atoms with Crippen molar-refractivity contribution in [1.29, 1.82) is 0 Å². The highest BCUT2D eigenvalue weighted by Gasteiger charge is 2.31. The lowest BCUT2D eigenvalue weighted by molar-refractivity contribution is 0.0784. The van der Waals surface area contributed by atoms with Gasteiger partial charge in [0.2, 0.25) is 10.0 Å². The average molecular weight is 471 g/mol. The number of carbonyl (C=O) groups is 1. The number of anilines is 1. The SMILES string of the molecule is COc1ccccc1N1CCN(S(=O)(=O)c2ccc3onc(C(=O)N4CCCC4)c3c2)CC1. The third-order valence-electron chi connectivity index (χ3n) is 6.34. The third kappa shape index (κ3) is 3.93. The summed E-state index contributed by atoms with van der Waals surface area (Å²) < 4.78 is 39.0. The van der Waals surface area contributed by atoms with Crippen LogP contribution in [0.4, 0.5) is 5.69 Å². The number of rotatable bonds is 5. The number of hydrogen-bond acceptors (Lipinski definition) is 7. The van der Waals surface area contributed by atoms with Gasteiger partial charge in [0, 0.05) is 39.3 Å². The Morgan fingerprint density at radius 3 is 2.45 bits per heavy atom. The Kier molecular flexibility index (Phi) is 5.71. The molecule has 0 bridgehead atoms. The second-order valence-electron chi connectivity index (χ2n) is 8.25. The van der Waals surface area contributed by atoms with Gasteiger partial charge in [-0.25, -0.2) is 8.42 Å². The molecule has 2 aromatic carbocycles. The Morgan fingerprint density at radius 1 is 1.00 bits per heavy atom. The minimum Gasteiger partial charge on any atom is -0.495 e. The van der Waals surface area contributed by atoms with E-state index in [1.807, 2.05) is 24.3 Å². The van der Waals surface area contributed by atoms with Gasteiger partial charge in [-0.05, 0) is 43.2 Å². The molecule has 0 saturated carbocycles. The Morgan fingerprint density at radius 2 is 1.73 bits per heavy atom. The Hall–Kier alpha value is -3.11. The summed E-state index contributed by atoms with van der Waals surface area (Å²) in [5.74, 6) is 0.549.